The Bertz CT molecular complexity index is 625. The van der Waals surface area contributed by atoms with Crippen molar-refractivity contribution in [3.63, 3.8) is 0 Å². The summed E-state index contributed by atoms with van der Waals surface area (Å²) in [5.41, 5.74) is 1.79. The number of hydrogen-bond donors (Lipinski definition) is 1. The minimum atomic E-state index is -0.116. The van der Waals surface area contributed by atoms with Crippen LogP contribution in [0.25, 0.3) is 0 Å². The van der Waals surface area contributed by atoms with E-state index in [0.717, 1.165) is 29.1 Å². The van der Waals surface area contributed by atoms with Crippen LogP contribution in [0.15, 0.2) is 29.6 Å². The second-order valence-corrected chi connectivity index (χ2v) is 7.03. The molecule has 0 amide bonds. The predicted octanol–water partition coefficient (Wildman–Crippen LogP) is 4.45. The van der Waals surface area contributed by atoms with E-state index >= 15 is 0 Å². The van der Waals surface area contributed by atoms with E-state index in [1.54, 1.807) is 30.6 Å². The SMILES string of the molecule is COCc1nc(CN[C@H](c2ccccc2F)C2CCCC2)cs1. The summed E-state index contributed by atoms with van der Waals surface area (Å²) < 4.78 is 19.4. The molecule has 1 N–H and O–H groups in total. The van der Waals surface area contributed by atoms with Crippen molar-refractivity contribution in [1.82, 2.24) is 10.3 Å². The fourth-order valence-corrected chi connectivity index (χ4v) is 4.15. The Morgan fingerprint density at radius 2 is 2.13 bits per heavy atom. The summed E-state index contributed by atoms with van der Waals surface area (Å²) in [6.07, 6.45) is 4.81. The van der Waals surface area contributed by atoms with Crippen LogP contribution in [0.5, 0.6) is 0 Å². The highest BCUT2D eigenvalue weighted by Gasteiger charge is 2.27. The molecular weight excluding hydrogens is 311 g/mol. The molecule has 2 aromatic rings. The van der Waals surface area contributed by atoms with Crippen LogP contribution in [0.4, 0.5) is 4.39 Å². The second-order valence-electron chi connectivity index (χ2n) is 6.09. The monoisotopic (exact) mass is 334 g/mol. The van der Waals surface area contributed by atoms with Gasteiger partial charge in [-0.15, -0.1) is 11.3 Å². The maximum Gasteiger partial charge on any atom is 0.127 e. The van der Waals surface area contributed by atoms with Gasteiger partial charge in [0.1, 0.15) is 10.8 Å². The van der Waals surface area contributed by atoms with Crippen LogP contribution in [-0.4, -0.2) is 12.1 Å². The molecule has 1 fully saturated rings. The normalized spacial score (nSPS) is 16.8. The summed E-state index contributed by atoms with van der Waals surface area (Å²) in [6.45, 7) is 1.21. The number of halogens is 1. The van der Waals surface area contributed by atoms with E-state index in [1.165, 1.54) is 12.8 Å². The molecule has 1 aromatic carbocycles. The molecule has 0 aliphatic heterocycles. The number of rotatable bonds is 7. The van der Waals surface area contributed by atoms with Gasteiger partial charge in [0, 0.05) is 30.6 Å². The number of thiazole rings is 1. The minimum Gasteiger partial charge on any atom is -0.378 e. The van der Waals surface area contributed by atoms with Gasteiger partial charge >= 0.3 is 0 Å². The van der Waals surface area contributed by atoms with E-state index in [9.17, 15) is 4.39 Å². The van der Waals surface area contributed by atoms with Gasteiger partial charge in [-0.25, -0.2) is 9.37 Å². The first kappa shape index (κ1) is 16.6. The van der Waals surface area contributed by atoms with Gasteiger partial charge in [0.15, 0.2) is 0 Å². The van der Waals surface area contributed by atoms with E-state index in [4.69, 9.17) is 4.74 Å². The van der Waals surface area contributed by atoms with Gasteiger partial charge in [-0.2, -0.15) is 0 Å². The molecule has 0 bridgehead atoms. The third kappa shape index (κ3) is 4.16. The average Bonchev–Trinajstić information content (AvgIpc) is 3.22. The molecule has 0 radical (unpaired) electrons. The topological polar surface area (TPSA) is 34.1 Å². The smallest absolute Gasteiger partial charge is 0.127 e. The molecule has 1 atom stereocenters. The number of methoxy groups -OCH3 is 1. The van der Waals surface area contributed by atoms with Crippen molar-refractivity contribution in [2.24, 2.45) is 5.92 Å². The highest BCUT2D eigenvalue weighted by molar-refractivity contribution is 7.09. The number of benzene rings is 1. The van der Waals surface area contributed by atoms with Crippen molar-refractivity contribution in [3.05, 3.63) is 51.7 Å². The Kier molecular flexibility index (Phi) is 5.75. The molecule has 1 aliphatic rings. The molecule has 1 aliphatic carbocycles. The summed E-state index contributed by atoms with van der Waals surface area (Å²) in [6, 6.07) is 7.19. The lowest BCUT2D eigenvalue weighted by Crippen LogP contribution is -2.27. The maximum absolute atomic E-state index is 14.3. The number of ether oxygens (including phenoxy) is 1. The van der Waals surface area contributed by atoms with Gasteiger partial charge in [-0.3, -0.25) is 0 Å². The quantitative estimate of drug-likeness (QED) is 0.812. The molecule has 1 aromatic heterocycles. The first-order valence-corrected chi connectivity index (χ1v) is 9.06. The Morgan fingerprint density at radius 3 is 2.87 bits per heavy atom. The zero-order chi connectivity index (χ0) is 16.1. The lowest BCUT2D eigenvalue weighted by molar-refractivity contribution is 0.184. The molecule has 1 heterocycles. The number of nitrogens with zero attached hydrogens (tertiary/aromatic N) is 1. The number of aromatic nitrogens is 1. The Labute approximate surface area is 140 Å². The van der Waals surface area contributed by atoms with Gasteiger partial charge in [0.05, 0.1) is 12.3 Å². The van der Waals surface area contributed by atoms with Gasteiger partial charge in [-0.1, -0.05) is 31.0 Å². The summed E-state index contributed by atoms with van der Waals surface area (Å²) >= 11 is 1.61. The number of hydrogen-bond acceptors (Lipinski definition) is 4. The van der Waals surface area contributed by atoms with Crippen LogP contribution in [-0.2, 0) is 17.9 Å². The Morgan fingerprint density at radius 1 is 1.35 bits per heavy atom. The summed E-state index contributed by atoms with van der Waals surface area (Å²) in [5.74, 6) is 0.388. The van der Waals surface area contributed by atoms with E-state index in [1.807, 2.05) is 12.1 Å². The maximum atomic E-state index is 14.3. The molecule has 3 rings (SSSR count). The second kappa shape index (κ2) is 7.99. The van der Waals surface area contributed by atoms with Crippen LogP contribution < -0.4 is 5.32 Å². The van der Waals surface area contributed by atoms with Gasteiger partial charge in [0.2, 0.25) is 0 Å². The Balaban J connectivity index is 1.72. The van der Waals surface area contributed by atoms with Crippen molar-refractivity contribution in [2.75, 3.05) is 7.11 Å². The van der Waals surface area contributed by atoms with Crippen LogP contribution >= 0.6 is 11.3 Å². The van der Waals surface area contributed by atoms with Gasteiger partial charge in [-0.05, 0) is 24.8 Å². The zero-order valence-electron chi connectivity index (χ0n) is 13.4. The van der Waals surface area contributed by atoms with E-state index in [0.29, 0.717) is 19.1 Å². The standard InChI is InChI=1S/C18H23FN2OS/c1-22-11-17-21-14(12-23-17)10-20-18(13-6-2-3-7-13)15-8-4-5-9-16(15)19/h4-5,8-9,12-13,18,20H,2-3,6-7,10-11H2,1H3/t18-/m0/s1. The highest BCUT2D eigenvalue weighted by atomic mass is 32.1. The number of nitrogens with one attached hydrogen (secondary N) is 1. The predicted molar refractivity (Wildman–Crippen MR) is 90.8 cm³/mol. The molecule has 1 saturated carbocycles. The van der Waals surface area contributed by atoms with E-state index < -0.39 is 0 Å². The van der Waals surface area contributed by atoms with Crippen LogP contribution in [0.2, 0.25) is 0 Å². The highest BCUT2D eigenvalue weighted by Crippen LogP contribution is 2.36. The molecule has 5 heteroatoms. The first-order chi connectivity index (χ1) is 11.3. The van der Waals surface area contributed by atoms with E-state index in [2.05, 4.69) is 15.7 Å². The molecule has 0 spiro atoms. The largest absolute Gasteiger partial charge is 0.378 e. The molecular formula is C18H23FN2OS. The van der Waals surface area contributed by atoms with Gasteiger partial charge < -0.3 is 10.1 Å². The van der Waals surface area contributed by atoms with Crippen LogP contribution in [0.1, 0.15) is 48.0 Å². The first-order valence-electron chi connectivity index (χ1n) is 8.18. The molecule has 0 unspecified atom stereocenters. The average molecular weight is 334 g/mol. The Hall–Kier alpha value is -1.30. The van der Waals surface area contributed by atoms with Crippen molar-refractivity contribution in [3.8, 4) is 0 Å². The van der Waals surface area contributed by atoms with Crippen molar-refractivity contribution < 1.29 is 9.13 Å². The summed E-state index contributed by atoms with van der Waals surface area (Å²) in [5, 5.41) is 6.58. The van der Waals surface area contributed by atoms with Crippen LogP contribution in [0.3, 0.4) is 0 Å². The molecule has 23 heavy (non-hydrogen) atoms. The molecule has 3 nitrogen and oxygen atoms in total. The third-order valence-electron chi connectivity index (χ3n) is 4.48. The molecule has 124 valence electrons. The lowest BCUT2D eigenvalue weighted by Gasteiger charge is -2.25. The van der Waals surface area contributed by atoms with Crippen LogP contribution in [0, 0.1) is 11.7 Å². The fraction of sp³-hybridized carbons (Fsp3) is 0.500. The lowest BCUT2D eigenvalue weighted by atomic mass is 9.91. The molecule has 0 saturated heterocycles. The third-order valence-corrected chi connectivity index (χ3v) is 5.35. The van der Waals surface area contributed by atoms with E-state index in [-0.39, 0.29) is 11.9 Å². The fourth-order valence-electron chi connectivity index (χ4n) is 3.38. The summed E-state index contributed by atoms with van der Waals surface area (Å²) in [7, 11) is 1.67. The van der Waals surface area contributed by atoms with Crippen molar-refractivity contribution in [2.45, 2.75) is 44.9 Å². The van der Waals surface area contributed by atoms with Crippen molar-refractivity contribution in [1.29, 1.82) is 0 Å². The van der Waals surface area contributed by atoms with Crippen molar-refractivity contribution >= 4 is 11.3 Å². The van der Waals surface area contributed by atoms with Gasteiger partial charge in [0.25, 0.3) is 0 Å². The minimum absolute atomic E-state index is 0.0614. The summed E-state index contributed by atoms with van der Waals surface area (Å²) in [4.78, 5) is 4.55. The zero-order valence-corrected chi connectivity index (χ0v) is 14.2.